The Labute approximate surface area is 190 Å². The summed E-state index contributed by atoms with van der Waals surface area (Å²) in [5, 5.41) is 2.78. The summed E-state index contributed by atoms with van der Waals surface area (Å²) in [5.74, 6) is -0.697. The number of amides is 2. The van der Waals surface area contributed by atoms with Crippen LogP contribution < -0.4 is 10.1 Å². The van der Waals surface area contributed by atoms with Crippen LogP contribution in [0.5, 0.6) is 5.75 Å². The zero-order chi connectivity index (χ0) is 23.4. The number of H-pyrrole nitrogens is 1. The van der Waals surface area contributed by atoms with Gasteiger partial charge in [0.05, 0.1) is 26.2 Å². The van der Waals surface area contributed by atoms with Crippen LogP contribution in [0.15, 0.2) is 54.9 Å². The van der Waals surface area contributed by atoms with Gasteiger partial charge in [-0.3, -0.25) is 0 Å². The van der Waals surface area contributed by atoms with Crippen LogP contribution in [0.1, 0.15) is 28.6 Å². The van der Waals surface area contributed by atoms with Crippen molar-refractivity contribution in [1.82, 2.24) is 20.2 Å². The molecule has 0 radical (unpaired) electrons. The van der Waals surface area contributed by atoms with Crippen molar-refractivity contribution >= 4 is 12.0 Å². The summed E-state index contributed by atoms with van der Waals surface area (Å²) in [6, 6.07) is 11.7. The maximum Gasteiger partial charge on any atom is 0.328 e. The molecule has 0 saturated carbocycles. The first-order chi connectivity index (χ1) is 16.0. The van der Waals surface area contributed by atoms with Gasteiger partial charge in [-0.05, 0) is 17.7 Å². The Kier molecular flexibility index (Phi) is 6.58. The van der Waals surface area contributed by atoms with Crippen LogP contribution in [0.3, 0.4) is 0 Å². The highest BCUT2D eigenvalue weighted by atomic mass is 19.1. The van der Waals surface area contributed by atoms with Crippen molar-refractivity contribution in [2.24, 2.45) is 0 Å². The monoisotopic (exact) mass is 452 g/mol. The second-order valence-electron chi connectivity index (χ2n) is 7.71. The number of methoxy groups -OCH3 is 2. The quantitative estimate of drug-likeness (QED) is 0.561. The van der Waals surface area contributed by atoms with Gasteiger partial charge >= 0.3 is 12.0 Å². The lowest BCUT2D eigenvalue weighted by Crippen LogP contribution is -2.52. The number of aromatic amines is 1. The molecule has 172 valence electrons. The smallest absolute Gasteiger partial charge is 0.328 e. The molecule has 2 aromatic carbocycles. The molecule has 3 aromatic rings. The molecule has 1 aliphatic rings. The van der Waals surface area contributed by atoms with E-state index in [1.807, 2.05) is 30.3 Å². The van der Waals surface area contributed by atoms with E-state index in [-0.39, 0.29) is 12.0 Å². The Balaban J connectivity index is 1.64. The number of carbonyl (C=O) groups excluding carboxylic acids is 2. The summed E-state index contributed by atoms with van der Waals surface area (Å²) < 4.78 is 25.1. The number of nitrogens with zero attached hydrogens (tertiary/aromatic N) is 2. The lowest BCUT2D eigenvalue weighted by Gasteiger charge is -2.36. The molecule has 2 atom stereocenters. The van der Waals surface area contributed by atoms with E-state index in [1.54, 1.807) is 12.1 Å². The molecule has 2 heterocycles. The molecule has 0 saturated heterocycles. The molecule has 2 amide bonds. The van der Waals surface area contributed by atoms with E-state index >= 15 is 4.39 Å². The van der Waals surface area contributed by atoms with Crippen molar-refractivity contribution in [3.63, 3.8) is 0 Å². The van der Waals surface area contributed by atoms with Crippen molar-refractivity contribution in [1.29, 1.82) is 0 Å². The SMILES string of the molecule is COC(=O)[C@@H](Cc1ccccc1)NC(=O)N1CCc2[nH]cnc2[C@@H]1c1ccc(OC)cc1F. The van der Waals surface area contributed by atoms with Crippen LogP contribution >= 0.6 is 0 Å². The minimum Gasteiger partial charge on any atom is -0.497 e. The molecular formula is C24H25FN4O4. The Morgan fingerprint density at radius 1 is 1.24 bits per heavy atom. The second-order valence-corrected chi connectivity index (χ2v) is 7.71. The van der Waals surface area contributed by atoms with E-state index in [0.29, 0.717) is 24.4 Å². The zero-order valence-corrected chi connectivity index (χ0v) is 18.4. The number of imidazole rings is 1. The van der Waals surface area contributed by atoms with Gasteiger partial charge in [-0.15, -0.1) is 0 Å². The Hall–Kier alpha value is -3.88. The van der Waals surface area contributed by atoms with Crippen LogP contribution in [-0.4, -0.2) is 53.7 Å². The van der Waals surface area contributed by atoms with Gasteiger partial charge in [-0.25, -0.2) is 19.0 Å². The van der Waals surface area contributed by atoms with Crippen LogP contribution in [0, 0.1) is 5.82 Å². The van der Waals surface area contributed by atoms with E-state index in [4.69, 9.17) is 9.47 Å². The van der Waals surface area contributed by atoms with E-state index in [0.717, 1.165) is 11.3 Å². The molecule has 1 aliphatic heterocycles. The Morgan fingerprint density at radius 3 is 2.73 bits per heavy atom. The minimum atomic E-state index is -0.896. The standard InChI is InChI=1S/C24H25FN4O4/c1-32-16-8-9-17(18(25)13-16)22-21-19(26-14-27-21)10-11-29(22)24(31)28-20(23(30)33-2)12-15-6-4-3-5-7-15/h3-9,13-14,20,22H,10-12H2,1-2H3,(H,26,27)(H,28,31)/t20-,22+/m1/s1. The van der Waals surface area contributed by atoms with Gasteiger partial charge in [0.25, 0.3) is 0 Å². The number of urea groups is 1. The Bertz CT molecular complexity index is 1130. The molecule has 0 bridgehead atoms. The summed E-state index contributed by atoms with van der Waals surface area (Å²) in [6.45, 7) is 0.316. The molecule has 0 unspecified atom stereocenters. The number of benzene rings is 2. The molecular weight excluding hydrogens is 427 g/mol. The summed E-state index contributed by atoms with van der Waals surface area (Å²) in [7, 11) is 2.74. The van der Waals surface area contributed by atoms with E-state index < -0.39 is 29.9 Å². The second kappa shape index (κ2) is 9.72. The number of ether oxygens (including phenoxy) is 2. The van der Waals surface area contributed by atoms with E-state index in [1.165, 1.54) is 31.5 Å². The molecule has 0 fully saturated rings. The van der Waals surface area contributed by atoms with Gasteiger partial charge < -0.3 is 24.7 Å². The first-order valence-electron chi connectivity index (χ1n) is 10.6. The number of nitrogens with one attached hydrogen (secondary N) is 2. The van der Waals surface area contributed by atoms with Crippen molar-refractivity contribution in [3.8, 4) is 5.75 Å². The summed E-state index contributed by atoms with van der Waals surface area (Å²) in [4.78, 5) is 34.7. The number of aromatic nitrogens is 2. The van der Waals surface area contributed by atoms with E-state index in [2.05, 4.69) is 15.3 Å². The van der Waals surface area contributed by atoms with Crippen LogP contribution in [0.25, 0.3) is 0 Å². The summed E-state index contributed by atoms with van der Waals surface area (Å²) >= 11 is 0. The molecule has 0 spiro atoms. The van der Waals surface area contributed by atoms with Gasteiger partial charge in [-0.2, -0.15) is 0 Å². The van der Waals surface area contributed by atoms with Gasteiger partial charge in [0.2, 0.25) is 0 Å². The van der Waals surface area contributed by atoms with Crippen LogP contribution in [-0.2, 0) is 22.4 Å². The maximum absolute atomic E-state index is 15.0. The highest BCUT2D eigenvalue weighted by molar-refractivity contribution is 5.84. The van der Waals surface area contributed by atoms with Gasteiger partial charge in [0.1, 0.15) is 23.7 Å². The topological polar surface area (TPSA) is 96.6 Å². The van der Waals surface area contributed by atoms with Crippen molar-refractivity contribution in [2.45, 2.75) is 24.9 Å². The number of esters is 1. The molecule has 33 heavy (non-hydrogen) atoms. The largest absolute Gasteiger partial charge is 0.497 e. The third-order valence-electron chi connectivity index (χ3n) is 5.75. The third kappa shape index (κ3) is 4.67. The first-order valence-corrected chi connectivity index (χ1v) is 10.6. The minimum absolute atomic E-state index is 0.266. The van der Waals surface area contributed by atoms with Crippen molar-refractivity contribution in [2.75, 3.05) is 20.8 Å². The highest BCUT2D eigenvalue weighted by Crippen LogP contribution is 2.35. The number of halogens is 1. The number of carbonyl (C=O) groups is 2. The lowest BCUT2D eigenvalue weighted by atomic mass is 9.95. The number of hydrogen-bond acceptors (Lipinski definition) is 5. The fraction of sp³-hybridized carbons (Fsp3) is 0.292. The molecule has 2 N–H and O–H groups in total. The normalized spacial score (nSPS) is 16.0. The van der Waals surface area contributed by atoms with Crippen molar-refractivity contribution < 1.29 is 23.5 Å². The van der Waals surface area contributed by atoms with Gasteiger partial charge in [0.15, 0.2) is 0 Å². The third-order valence-corrected chi connectivity index (χ3v) is 5.75. The fourth-order valence-corrected chi connectivity index (χ4v) is 4.08. The van der Waals surface area contributed by atoms with Gasteiger partial charge in [0, 0.05) is 36.7 Å². The molecule has 4 rings (SSSR count). The van der Waals surface area contributed by atoms with Gasteiger partial charge in [-0.1, -0.05) is 30.3 Å². The predicted molar refractivity (Wildman–Crippen MR) is 118 cm³/mol. The Morgan fingerprint density at radius 2 is 2.03 bits per heavy atom. The average Bonchev–Trinajstić information content (AvgIpc) is 3.32. The molecule has 0 aliphatic carbocycles. The van der Waals surface area contributed by atoms with E-state index in [9.17, 15) is 9.59 Å². The van der Waals surface area contributed by atoms with Crippen LogP contribution in [0.2, 0.25) is 0 Å². The number of hydrogen-bond donors (Lipinski definition) is 2. The first kappa shape index (κ1) is 22.3. The highest BCUT2D eigenvalue weighted by Gasteiger charge is 2.37. The maximum atomic E-state index is 15.0. The predicted octanol–water partition coefficient (Wildman–Crippen LogP) is 3.00. The summed E-state index contributed by atoms with van der Waals surface area (Å²) in [6.07, 6.45) is 2.33. The summed E-state index contributed by atoms with van der Waals surface area (Å²) in [5.41, 5.74) is 2.57. The number of fused-ring (bicyclic) bond motifs is 1. The fourth-order valence-electron chi connectivity index (χ4n) is 4.08. The lowest BCUT2D eigenvalue weighted by molar-refractivity contribution is -0.142. The van der Waals surface area contributed by atoms with Crippen molar-refractivity contribution in [3.05, 3.63) is 83.2 Å². The zero-order valence-electron chi connectivity index (χ0n) is 18.4. The molecule has 8 nitrogen and oxygen atoms in total. The number of rotatable bonds is 6. The van der Waals surface area contributed by atoms with Crippen LogP contribution in [0.4, 0.5) is 9.18 Å². The molecule has 1 aromatic heterocycles. The molecule has 9 heteroatoms. The average molecular weight is 452 g/mol.